The van der Waals surface area contributed by atoms with Crippen LogP contribution in [0.1, 0.15) is 31.2 Å². The lowest BCUT2D eigenvalue weighted by Crippen LogP contribution is -2.36. The van der Waals surface area contributed by atoms with E-state index in [1.807, 2.05) is 42.5 Å². The molecule has 0 atom stereocenters. The number of carbonyl (C=O) groups excluding carboxylic acids is 1. The van der Waals surface area contributed by atoms with Crippen molar-refractivity contribution in [2.45, 2.75) is 38.1 Å². The van der Waals surface area contributed by atoms with E-state index in [9.17, 15) is 4.79 Å². The molecule has 1 heterocycles. The van der Waals surface area contributed by atoms with Gasteiger partial charge in [0.25, 0.3) is 0 Å². The van der Waals surface area contributed by atoms with Crippen LogP contribution in [0.3, 0.4) is 0 Å². The van der Waals surface area contributed by atoms with Crippen LogP contribution in [0.5, 0.6) is 0 Å². The third-order valence-corrected chi connectivity index (χ3v) is 5.38. The molecule has 3 aromatic rings. The first-order chi connectivity index (χ1) is 13.3. The fraction of sp³-hybridized carbons (Fsp3) is 0.364. The number of nitrogens with one attached hydrogen (secondary N) is 3. The first-order valence-electron chi connectivity index (χ1n) is 9.81. The molecule has 1 saturated carbocycles. The highest BCUT2D eigenvalue weighted by atomic mass is 16.1. The lowest BCUT2D eigenvalue weighted by atomic mass is 9.85. The highest BCUT2D eigenvalue weighted by Crippen LogP contribution is 2.26. The number of imidazole rings is 1. The van der Waals surface area contributed by atoms with Crippen molar-refractivity contribution < 1.29 is 4.79 Å². The van der Waals surface area contributed by atoms with Crippen LogP contribution in [-0.4, -0.2) is 28.5 Å². The zero-order chi connectivity index (χ0) is 18.5. The van der Waals surface area contributed by atoms with E-state index in [1.165, 1.54) is 5.56 Å². The van der Waals surface area contributed by atoms with Crippen molar-refractivity contribution in [2.24, 2.45) is 5.92 Å². The van der Waals surface area contributed by atoms with Crippen LogP contribution in [0.2, 0.25) is 0 Å². The van der Waals surface area contributed by atoms with Crippen LogP contribution < -0.4 is 10.6 Å². The second kappa shape index (κ2) is 8.25. The molecule has 5 heteroatoms. The fourth-order valence-electron chi connectivity index (χ4n) is 3.83. The van der Waals surface area contributed by atoms with E-state index in [0.717, 1.165) is 49.1 Å². The van der Waals surface area contributed by atoms with Crippen molar-refractivity contribution in [2.75, 3.05) is 11.9 Å². The molecule has 1 fully saturated rings. The standard InChI is InChI=1S/C22H26N4O/c27-21(23-15-14-16-6-2-1-3-7-16)17-10-12-18(13-11-17)24-22-25-19-8-4-5-9-20(19)26-22/h1-9,17-18H,10-15H2,(H,23,27)(H2,24,25,26)/t17-,18-. The largest absolute Gasteiger partial charge is 0.356 e. The summed E-state index contributed by atoms with van der Waals surface area (Å²) in [6, 6.07) is 18.7. The number of H-pyrrole nitrogens is 1. The predicted octanol–water partition coefficient (Wildman–Crippen LogP) is 3.89. The maximum atomic E-state index is 12.4. The number of amides is 1. The second-order valence-corrected chi connectivity index (χ2v) is 7.32. The molecule has 5 nitrogen and oxygen atoms in total. The van der Waals surface area contributed by atoms with Crippen molar-refractivity contribution in [3.8, 4) is 0 Å². The highest BCUT2D eigenvalue weighted by molar-refractivity contribution is 5.79. The number of anilines is 1. The average molecular weight is 362 g/mol. The molecular formula is C22H26N4O. The third-order valence-electron chi connectivity index (χ3n) is 5.38. The smallest absolute Gasteiger partial charge is 0.223 e. The van der Waals surface area contributed by atoms with Crippen LogP contribution in [0.4, 0.5) is 5.95 Å². The summed E-state index contributed by atoms with van der Waals surface area (Å²) < 4.78 is 0. The summed E-state index contributed by atoms with van der Waals surface area (Å²) in [6.07, 6.45) is 4.72. The van der Waals surface area contributed by atoms with Crippen molar-refractivity contribution >= 4 is 22.9 Å². The Labute approximate surface area is 159 Å². The van der Waals surface area contributed by atoms with Crippen molar-refractivity contribution in [1.82, 2.24) is 15.3 Å². The minimum atomic E-state index is 0.134. The normalized spacial score (nSPS) is 19.7. The van der Waals surface area contributed by atoms with Gasteiger partial charge in [0.1, 0.15) is 0 Å². The van der Waals surface area contributed by atoms with Crippen molar-refractivity contribution in [3.05, 3.63) is 60.2 Å². The number of rotatable bonds is 6. The van der Waals surface area contributed by atoms with Crippen LogP contribution in [0.15, 0.2) is 54.6 Å². The summed E-state index contributed by atoms with van der Waals surface area (Å²) >= 11 is 0. The first-order valence-corrected chi connectivity index (χ1v) is 9.81. The number of hydrogen-bond acceptors (Lipinski definition) is 3. The van der Waals surface area contributed by atoms with Gasteiger partial charge in [-0.15, -0.1) is 0 Å². The van der Waals surface area contributed by atoms with Crippen LogP contribution in [0.25, 0.3) is 11.0 Å². The van der Waals surface area contributed by atoms with Crippen molar-refractivity contribution in [3.63, 3.8) is 0 Å². The molecule has 27 heavy (non-hydrogen) atoms. The van der Waals surface area contributed by atoms with E-state index in [-0.39, 0.29) is 11.8 Å². The van der Waals surface area contributed by atoms with E-state index in [4.69, 9.17) is 0 Å². The Kier molecular flexibility index (Phi) is 5.37. The molecule has 0 spiro atoms. The SMILES string of the molecule is O=C(NCCc1ccccc1)[C@H]1CC[C@H](Nc2nc3ccccc3[nH]2)CC1. The van der Waals surface area contributed by atoms with Gasteiger partial charge in [0.05, 0.1) is 11.0 Å². The average Bonchev–Trinajstić information content (AvgIpc) is 3.11. The monoisotopic (exact) mass is 362 g/mol. The Bertz CT molecular complexity index is 848. The molecule has 2 aromatic carbocycles. The molecule has 0 unspecified atom stereocenters. The van der Waals surface area contributed by atoms with Crippen LogP contribution in [-0.2, 0) is 11.2 Å². The molecule has 3 N–H and O–H groups in total. The number of fused-ring (bicyclic) bond motifs is 1. The second-order valence-electron chi connectivity index (χ2n) is 7.32. The van der Waals surface area contributed by atoms with E-state index in [1.54, 1.807) is 0 Å². The molecule has 0 aliphatic heterocycles. The third kappa shape index (κ3) is 4.48. The Hall–Kier alpha value is -2.82. The number of aromatic nitrogens is 2. The van der Waals surface area contributed by atoms with Gasteiger partial charge in [0, 0.05) is 18.5 Å². The van der Waals surface area contributed by atoms with E-state index >= 15 is 0 Å². The Morgan fingerprint density at radius 2 is 1.74 bits per heavy atom. The summed E-state index contributed by atoms with van der Waals surface area (Å²) in [7, 11) is 0. The summed E-state index contributed by atoms with van der Waals surface area (Å²) in [5.74, 6) is 1.16. The Balaban J connectivity index is 1.21. The highest BCUT2D eigenvalue weighted by Gasteiger charge is 2.26. The molecule has 1 aliphatic carbocycles. The lowest BCUT2D eigenvalue weighted by Gasteiger charge is -2.28. The fourth-order valence-corrected chi connectivity index (χ4v) is 3.83. The van der Waals surface area contributed by atoms with Gasteiger partial charge in [-0.1, -0.05) is 42.5 Å². The maximum Gasteiger partial charge on any atom is 0.223 e. The minimum Gasteiger partial charge on any atom is -0.356 e. The molecular weight excluding hydrogens is 336 g/mol. The van der Waals surface area contributed by atoms with Gasteiger partial charge in [0.2, 0.25) is 11.9 Å². The molecule has 140 valence electrons. The zero-order valence-corrected chi connectivity index (χ0v) is 15.4. The van der Waals surface area contributed by atoms with Gasteiger partial charge in [0.15, 0.2) is 0 Å². The number of hydrogen-bond donors (Lipinski definition) is 3. The van der Waals surface area contributed by atoms with Gasteiger partial charge in [-0.2, -0.15) is 0 Å². The Morgan fingerprint density at radius 3 is 2.52 bits per heavy atom. The number of nitrogens with zero attached hydrogens (tertiary/aromatic N) is 1. The number of para-hydroxylation sites is 2. The first kappa shape index (κ1) is 17.6. The topological polar surface area (TPSA) is 69.8 Å². The number of carbonyl (C=O) groups is 1. The summed E-state index contributed by atoms with van der Waals surface area (Å²) in [6.45, 7) is 0.708. The van der Waals surface area contributed by atoms with Gasteiger partial charge in [-0.3, -0.25) is 4.79 Å². The van der Waals surface area contributed by atoms with Crippen LogP contribution in [0, 0.1) is 5.92 Å². The molecule has 1 aliphatic rings. The van der Waals surface area contributed by atoms with Gasteiger partial charge < -0.3 is 15.6 Å². The lowest BCUT2D eigenvalue weighted by molar-refractivity contribution is -0.125. The number of aromatic amines is 1. The van der Waals surface area contributed by atoms with Crippen molar-refractivity contribution in [1.29, 1.82) is 0 Å². The minimum absolute atomic E-state index is 0.134. The quantitative estimate of drug-likeness (QED) is 0.623. The molecule has 4 rings (SSSR count). The summed E-state index contributed by atoms with van der Waals surface area (Å²) in [5.41, 5.74) is 3.29. The molecule has 0 radical (unpaired) electrons. The Morgan fingerprint density at radius 1 is 1.00 bits per heavy atom. The summed E-state index contributed by atoms with van der Waals surface area (Å²) in [5, 5.41) is 6.60. The van der Waals surface area contributed by atoms with Gasteiger partial charge >= 0.3 is 0 Å². The van der Waals surface area contributed by atoms with E-state index < -0.39 is 0 Å². The maximum absolute atomic E-state index is 12.4. The predicted molar refractivity (Wildman–Crippen MR) is 109 cm³/mol. The molecule has 0 bridgehead atoms. The molecule has 0 saturated heterocycles. The van der Waals surface area contributed by atoms with Crippen LogP contribution >= 0.6 is 0 Å². The molecule has 1 aromatic heterocycles. The van der Waals surface area contributed by atoms with Gasteiger partial charge in [-0.25, -0.2) is 4.98 Å². The van der Waals surface area contributed by atoms with Gasteiger partial charge in [-0.05, 0) is 49.8 Å². The zero-order valence-electron chi connectivity index (χ0n) is 15.4. The van der Waals surface area contributed by atoms with E-state index in [0.29, 0.717) is 12.6 Å². The van der Waals surface area contributed by atoms with E-state index in [2.05, 4.69) is 32.7 Å². The number of benzene rings is 2. The molecule has 1 amide bonds. The summed E-state index contributed by atoms with van der Waals surface area (Å²) in [4.78, 5) is 20.3.